The van der Waals surface area contributed by atoms with Gasteiger partial charge >= 0.3 is 0 Å². The first-order chi connectivity index (χ1) is 14.9. The van der Waals surface area contributed by atoms with Crippen LogP contribution in [0.15, 0.2) is 47.6 Å². The summed E-state index contributed by atoms with van der Waals surface area (Å²) in [5.41, 5.74) is 4.76. The molecule has 1 atom stereocenters. The van der Waals surface area contributed by atoms with E-state index in [1.54, 1.807) is 40.3 Å². The molecule has 0 saturated heterocycles. The number of hydrazone groups is 1. The van der Waals surface area contributed by atoms with Crippen LogP contribution in [0.4, 0.5) is 10.1 Å². The lowest BCUT2D eigenvalue weighted by atomic mass is 10.0. The summed E-state index contributed by atoms with van der Waals surface area (Å²) in [7, 11) is 1.85. The lowest BCUT2D eigenvalue weighted by Crippen LogP contribution is -2.43. The molecule has 5 nitrogen and oxygen atoms in total. The van der Waals surface area contributed by atoms with E-state index in [9.17, 15) is 9.18 Å². The molecule has 0 unspecified atom stereocenters. The standard InChI is InChI=1S/C23H27Cl2FN4O/c1-3-4-5-6-13-29(2)28-23(31)20-15-22(16-7-10-18(26)11-8-16)30(27-20)21-12-9-17(24)14-19(21)25/h7-12,14,22H,3-6,13,15H2,1-2H3,(H,28,31)/t22-/m1/s1. The lowest BCUT2D eigenvalue weighted by molar-refractivity contribution is -0.118. The minimum absolute atomic E-state index is 0.252. The van der Waals surface area contributed by atoms with Gasteiger partial charge in [0.2, 0.25) is 0 Å². The van der Waals surface area contributed by atoms with E-state index in [0.29, 0.717) is 27.9 Å². The molecule has 8 heteroatoms. The minimum Gasteiger partial charge on any atom is -0.284 e. The van der Waals surface area contributed by atoms with Crippen molar-refractivity contribution in [3.05, 3.63) is 63.9 Å². The molecule has 0 fully saturated rings. The highest BCUT2D eigenvalue weighted by Gasteiger charge is 2.33. The Labute approximate surface area is 192 Å². The fourth-order valence-electron chi connectivity index (χ4n) is 3.55. The third-order valence-corrected chi connectivity index (χ3v) is 5.76. The zero-order valence-corrected chi connectivity index (χ0v) is 19.3. The van der Waals surface area contributed by atoms with Crippen LogP contribution in [0.1, 0.15) is 50.6 Å². The molecule has 0 spiro atoms. The van der Waals surface area contributed by atoms with Crippen LogP contribution in [0.3, 0.4) is 0 Å². The molecule has 0 aromatic heterocycles. The Morgan fingerprint density at radius 2 is 1.94 bits per heavy atom. The van der Waals surface area contributed by atoms with Gasteiger partial charge in [0.1, 0.15) is 11.5 Å². The summed E-state index contributed by atoms with van der Waals surface area (Å²) < 4.78 is 13.5. The predicted octanol–water partition coefficient (Wildman–Crippen LogP) is 5.98. The Kier molecular flexibility index (Phi) is 8.29. The highest BCUT2D eigenvalue weighted by molar-refractivity contribution is 6.40. The molecular weight excluding hydrogens is 438 g/mol. The maximum absolute atomic E-state index is 13.5. The molecule has 1 N–H and O–H groups in total. The number of unbranched alkanes of at least 4 members (excludes halogenated alkanes) is 3. The maximum atomic E-state index is 13.5. The molecule has 1 amide bonds. The van der Waals surface area contributed by atoms with Crippen molar-refractivity contribution in [2.24, 2.45) is 5.10 Å². The lowest BCUT2D eigenvalue weighted by Gasteiger charge is -2.25. The number of nitrogens with one attached hydrogen (secondary N) is 1. The molecule has 0 aliphatic carbocycles. The second-order valence-electron chi connectivity index (χ2n) is 7.68. The number of hydrogen-bond acceptors (Lipinski definition) is 4. The number of carbonyl (C=O) groups is 1. The SMILES string of the molecule is CCCCCCN(C)NC(=O)C1=NN(c2ccc(Cl)cc2Cl)[C@@H](c2ccc(F)cc2)C1. The number of carbonyl (C=O) groups excluding carboxylic acids is 1. The van der Waals surface area contributed by atoms with Crippen LogP contribution < -0.4 is 10.4 Å². The maximum Gasteiger partial charge on any atom is 0.281 e. The Balaban J connectivity index is 1.79. The highest BCUT2D eigenvalue weighted by Crippen LogP contribution is 2.39. The third-order valence-electron chi connectivity index (χ3n) is 5.22. The van der Waals surface area contributed by atoms with Crippen molar-refractivity contribution >= 4 is 40.5 Å². The van der Waals surface area contributed by atoms with Gasteiger partial charge in [-0.2, -0.15) is 5.10 Å². The molecule has 1 aliphatic rings. The molecule has 0 saturated carbocycles. The highest BCUT2D eigenvalue weighted by atomic mass is 35.5. The van der Waals surface area contributed by atoms with Gasteiger partial charge in [-0.1, -0.05) is 61.5 Å². The Morgan fingerprint density at radius 1 is 1.19 bits per heavy atom. The Morgan fingerprint density at radius 3 is 2.61 bits per heavy atom. The van der Waals surface area contributed by atoms with Gasteiger partial charge in [-0.3, -0.25) is 15.2 Å². The summed E-state index contributed by atoms with van der Waals surface area (Å²) in [5.74, 6) is -0.570. The van der Waals surface area contributed by atoms with E-state index in [0.717, 1.165) is 24.9 Å². The number of rotatable bonds is 9. The van der Waals surface area contributed by atoms with E-state index < -0.39 is 0 Å². The van der Waals surface area contributed by atoms with Gasteiger partial charge in [0.25, 0.3) is 5.91 Å². The summed E-state index contributed by atoms with van der Waals surface area (Å²) in [4.78, 5) is 12.9. The van der Waals surface area contributed by atoms with Crippen molar-refractivity contribution < 1.29 is 9.18 Å². The van der Waals surface area contributed by atoms with Gasteiger partial charge in [0.05, 0.1) is 16.8 Å². The first kappa shape index (κ1) is 23.5. The van der Waals surface area contributed by atoms with Crippen LogP contribution in [0.5, 0.6) is 0 Å². The van der Waals surface area contributed by atoms with Crippen molar-refractivity contribution in [2.45, 2.75) is 45.1 Å². The average Bonchev–Trinajstić information content (AvgIpc) is 3.17. The largest absolute Gasteiger partial charge is 0.284 e. The summed E-state index contributed by atoms with van der Waals surface area (Å²) in [6, 6.07) is 11.1. The zero-order chi connectivity index (χ0) is 22.4. The zero-order valence-electron chi connectivity index (χ0n) is 17.7. The molecule has 2 aromatic carbocycles. The second-order valence-corrected chi connectivity index (χ2v) is 8.53. The molecular formula is C23H27Cl2FN4O. The quantitative estimate of drug-likeness (QED) is 0.366. The molecule has 1 heterocycles. The van der Waals surface area contributed by atoms with E-state index in [1.165, 1.54) is 25.0 Å². The number of halogens is 3. The van der Waals surface area contributed by atoms with Crippen LogP contribution in [0.25, 0.3) is 0 Å². The fourth-order valence-corrected chi connectivity index (χ4v) is 4.05. The predicted molar refractivity (Wildman–Crippen MR) is 125 cm³/mol. The topological polar surface area (TPSA) is 47.9 Å². The number of benzene rings is 2. The van der Waals surface area contributed by atoms with Crippen molar-refractivity contribution in [1.29, 1.82) is 0 Å². The van der Waals surface area contributed by atoms with Crippen LogP contribution in [-0.4, -0.2) is 30.2 Å². The van der Waals surface area contributed by atoms with E-state index in [1.807, 2.05) is 7.05 Å². The van der Waals surface area contributed by atoms with E-state index in [-0.39, 0.29) is 17.8 Å². The summed E-state index contributed by atoms with van der Waals surface area (Å²) >= 11 is 12.5. The number of nitrogens with zero attached hydrogens (tertiary/aromatic N) is 3. The van der Waals surface area contributed by atoms with Gasteiger partial charge in [-0.25, -0.2) is 9.40 Å². The molecule has 166 valence electrons. The summed E-state index contributed by atoms with van der Waals surface area (Å²) in [6.45, 7) is 2.94. The second kappa shape index (κ2) is 10.9. The normalized spacial score (nSPS) is 16.0. The van der Waals surface area contributed by atoms with E-state index in [2.05, 4.69) is 17.5 Å². The number of amides is 1. The van der Waals surface area contributed by atoms with Crippen LogP contribution >= 0.6 is 23.2 Å². The van der Waals surface area contributed by atoms with E-state index >= 15 is 0 Å². The molecule has 0 bridgehead atoms. The molecule has 2 aromatic rings. The van der Waals surface area contributed by atoms with Gasteiger partial charge in [0.15, 0.2) is 0 Å². The first-order valence-electron chi connectivity index (χ1n) is 10.5. The van der Waals surface area contributed by atoms with Gasteiger partial charge in [0, 0.05) is 25.0 Å². The summed E-state index contributed by atoms with van der Waals surface area (Å²) in [6.07, 6.45) is 4.88. The molecule has 3 rings (SSSR count). The third kappa shape index (κ3) is 6.19. The van der Waals surface area contributed by atoms with Crippen LogP contribution in [0, 0.1) is 5.82 Å². The van der Waals surface area contributed by atoms with Crippen molar-refractivity contribution in [1.82, 2.24) is 10.4 Å². The van der Waals surface area contributed by atoms with Gasteiger partial charge in [-0.15, -0.1) is 0 Å². The van der Waals surface area contributed by atoms with Crippen LogP contribution in [-0.2, 0) is 4.79 Å². The van der Waals surface area contributed by atoms with E-state index in [4.69, 9.17) is 23.2 Å². The van der Waals surface area contributed by atoms with Gasteiger partial charge < -0.3 is 0 Å². The number of anilines is 1. The first-order valence-corrected chi connectivity index (χ1v) is 11.2. The van der Waals surface area contributed by atoms with Gasteiger partial charge in [-0.05, 0) is 42.3 Å². The monoisotopic (exact) mass is 464 g/mol. The molecule has 0 radical (unpaired) electrons. The molecule has 1 aliphatic heterocycles. The summed E-state index contributed by atoms with van der Waals surface area (Å²) in [5, 5.41) is 9.03. The number of hydrogen-bond donors (Lipinski definition) is 1. The number of hydrazine groups is 1. The average molecular weight is 465 g/mol. The van der Waals surface area contributed by atoms with Crippen molar-refractivity contribution in [2.75, 3.05) is 18.6 Å². The Bertz CT molecular complexity index is 936. The minimum atomic E-state index is -0.318. The fraction of sp³-hybridized carbons (Fsp3) is 0.391. The van der Waals surface area contributed by atoms with Crippen molar-refractivity contribution in [3.63, 3.8) is 0 Å². The van der Waals surface area contributed by atoms with Crippen molar-refractivity contribution in [3.8, 4) is 0 Å². The molecule has 31 heavy (non-hydrogen) atoms. The smallest absolute Gasteiger partial charge is 0.281 e. The Hall–Kier alpha value is -2.15. The van der Waals surface area contributed by atoms with Crippen LogP contribution in [0.2, 0.25) is 10.0 Å².